The number of hydrogen-bond donors (Lipinski definition) is 2. The van der Waals surface area contributed by atoms with Gasteiger partial charge in [-0.1, -0.05) is 11.8 Å². The number of ether oxygens (including phenoxy) is 2. The number of fused-ring (bicyclic) bond motifs is 1. The van der Waals surface area contributed by atoms with E-state index in [4.69, 9.17) is 10.5 Å². The number of halogens is 4. The topological polar surface area (TPSA) is 98.8 Å². The number of thioether (sulfide) groups is 1. The zero-order valence-corrected chi connectivity index (χ0v) is 17.3. The van der Waals surface area contributed by atoms with Gasteiger partial charge in [0.2, 0.25) is 0 Å². The van der Waals surface area contributed by atoms with Crippen LogP contribution in [0.1, 0.15) is 16.1 Å². The summed E-state index contributed by atoms with van der Waals surface area (Å²) < 4.78 is 62.6. The van der Waals surface area contributed by atoms with Crippen LogP contribution in [0.3, 0.4) is 0 Å². The molecule has 1 saturated heterocycles. The third-order valence-corrected chi connectivity index (χ3v) is 6.25. The van der Waals surface area contributed by atoms with Gasteiger partial charge in [0.15, 0.2) is 5.17 Å². The normalized spacial score (nSPS) is 24.7. The molecule has 0 aliphatic carbocycles. The van der Waals surface area contributed by atoms with Crippen LogP contribution in [0.25, 0.3) is 0 Å². The van der Waals surface area contributed by atoms with Crippen molar-refractivity contribution < 1.29 is 31.8 Å². The van der Waals surface area contributed by atoms with Crippen molar-refractivity contribution in [1.82, 2.24) is 4.98 Å². The van der Waals surface area contributed by atoms with E-state index in [0.717, 1.165) is 6.20 Å². The molecule has 0 spiro atoms. The fraction of sp³-hybridized carbons (Fsp3) is 0.350. The second-order valence-electron chi connectivity index (χ2n) is 7.20. The van der Waals surface area contributed by atoms with Crippen LogP contribution in [-0.4, -0.2) is 47.8 Å². The molecule has 1 aromatic heterocycles. The molecule has 4 rings (SSSR count). The first-order valence-corrected chi connectivity index (χ1v) is 10.5. The number of nitrogens with two attached hydrogens (primary N) is 1. The van der Waals surface area contributed by atoms with E-state index in [1.54, 1.807) is 0 Å². The minimum atomic E-state index is -3.01. The Kier molecular flexibility index (Phi) is 6.24. The van der Waals surface area contributed by atoms with E-state index in [1.165, 1.54) is 42.1 Å². The Bertz CT molecular complexity index is 1040. The maximum absolute atomic E-state index is 14.9. The van der Waals surface area contributed by atoms with Gasteiger partial charge in [0, 0.05) is 22.9 Å². The third kappa shape index (κ3) is 4.24. The molecular weight excluding hydrogens is 452 g/mol. The van der Waals surface area contributed by atoms with Gasteiger partial charge in [-0.3, -0.25) is 4.79 Å². The minimum absolute atomic E-state index is 0.0466. The number of pyridine rings is 1. The summed E-state index contributed by atoms with van der Waals surface area (Å²) in [4.78, 5) is 20.8. The van der Waals surface area contributed by atoms with Gasteiger partial charge in [0.05, 0.1) is 18.9 Å². The number of anilines is 1. The van der Waals surface area contributed by atoms with E-state index in [0.29, 0.717) is 5.75 Å². The van der Waals surface area contributed by atoms with Crippen LogP contribution in [0.15, 0.2) is 41.5 Å². The minimum Gasteiger partial charge on any atom is -0.433 e. The fourth-order valence-corrected chi connectivity index (χ4v) is 4.90. The van der Waals surface area contributed by atoms with Crippen molar-refractivity contribution in [2.75, 3.05) is 24.4 Å². The van der Waals surface area contributed by atoms with E-state index in [2.05, 4.69) is 20.0 Å². The van der Waals surface area contributed by atoms with E-state index in [1.807, 2.05) is 0 Å². The predicted octanol–water partition coefficient (Wildman–Crippen LogP) is 3.32. The SMILES string of the molecule is NC1=N[C@@]2(c3cc(NC(=O)c4ccc(OC(F)F)cn4)ccc3F)CO[C@H](CF)[C@H]2CS1. The second kappa shape index (κ2) is 8.94. The van der Waals surface area contributed by atoms with Crippen molar-refractivity contribution in [1.29, 1.82) is 0 Å². The molecule has 0 unspecified atom stereocenters. The Morgan fingerprint density at radius 2 is 2.19 bits per heavy atom. The number of rotatable bonds is 6. The number of nitrogens with one attached hydrogen (secondary N) is 1. The predicted molar refractivity (Wildman–Crippen MR) is 110 cm³/mol. The summed E-state index contributed by atoms with van der Waals surface area (Å²) in [5.74, 6) is -1.45. The van der Waals surface area contributed by atoms with Gasteiger partial charge in [-0.15, -0.1) is 0 Å². The molecule has 0 saturated carbocycles. The molecule has 12 heteroatoms. The van der Waals surface area contributed by atoms with E-state index >= 15 is 0 Å². The maximum atomic E-state index is 14.9. The van der Waals surface area contributed by atoms with Gasteiger partial charge in [-0.2, -0.15) is 8.78 Å². The molecule has 1 fully saturated rings. The van der Waals surface area contributed by atoms with E-state index in [-0.39, 0.29) is 34.5 Å². The quantitative estimate of drug-likeness (QED) is 0.629. The Balaban J connectivity index is 1.60. The van der Waals surface area contributed by atoms with Crippen molar-refractivity contribution >= 4 is 28.5 Å². The van der Waals surface area contributed by atoms with Gasteiger partial charge in [0.25, 0.3) is 5.91 Å². The molecule has 2 aromatic rings. The summed E-state index contributed by atoms with van der Waals surface area (Å²) in [6.07, 6.45) is 0.250. The van der Waals surface area contributed by atoms with E-state index < -0.39 is 42.6 Å². The summed E-state index contributed by atoms with van der Waals surface area (Å²) in [6, 6.07) is 6.32. The number of nitrogens with zero attached hydrogens (tertiary/aromatic N) is 2. The summed E-state index contributed by atoms with van der Waals surface area (Å²) >= 11 is 1.25. The van der Waals surface area contributed by atoms with Crippen molar-refractivity contribution in [2.24, 2.45) is 16.6 Å². The maximum Gasteiger partial charge on any atom is 0.387 e. The average Bonchev–Trinajstić information content (AvgIpc) is 3.13. The molecule has 32 heavy (non-hydrogen) atoms. The van der Waals surface area contributed by atoms with E-state index in [9.17, 15) is 22.4 Å². The molecule has 3 N–H and O–H groups in total. The summed E-state index contributed by atoms with van der Waals surface area (Å²) in [5.41, 5.74) is 5.00. The summed E-state index contributed by atoms with van der Waals surface area (Å²) in [6.45, 7) is -3.80. The van der Waals surface area contributed by atoms with Crippen LogP contribution in [-0.2, 0) is 10.3 Å². The molecular formula is C20H18F4N4O3S. The van der Waals surface area contributed by atoms with Crippen LogP contribution in [0, 0.1) is 11.7 Å². The van der Waals surface area contributed by atoms with Crippen LogP contribution in [0.2, 0.25) is 0 Å². The van der Waals surface area contributed by atoms with Crippen LogP contribution in [0.4, 0.5) is 23.2 Å². The molecule has 170 valence electrons. The molecule has 2 aliphatic heterocycles. The molecule has 0 bridgehead atoms. The zero-order chi connectivity index (χ0) is 22.9. The number of aliphatic imine (C=N–C) groups is 1. The second-order valence-corrected chi connectivity index (χ2v) is 8.24. The van der Waals surface area contributed by atoms with Gasteiger partial charge >= 0.3 is 6.61 Å². The molecule has 1 aromatic carbocycles. The molecule has 2 aliphatic rings. The standard InChI is InChI=1S/C20H18F4N4O3S/c21-6-16-13-8-32-19(25)28-20(13,9-30-16)12-5-10(1-3-14(12)22)27-17(29)15-4-2-11(7-26-15)31-18(23)24/h1-5,7,13,16,18H,6,8-9H2,(H2,25,28)(H,27,29)/t13-,16-,20-/m1/s1. The van der Waals surface area contributed by atoms with Crippen LogP contribution in [0.5, 0.6) is 5.75 Å². The highest BCUT2D eigenvalue weighted by molar-refractivity contribution is 8.13. The summed E-state index contributed by atoms with van der Waals surface area (Å²) in [5, 5.41) is 2.83. The first kappa shape index (κ1) is 22.3. The third-order valence-electron chi connectivity index (χ3n) is 5.34. The number of aromatic nitrogens is 1. The van der Waals surface area contributed by atoms with Gasteiger partial charge in [-0.05, 0) is 30.3 Å². The van der Waals surface area contributed by atoms with Gasteiger partial charge in [-0.25, -0.2) is 18.8 Å². The number of carbonyl (C=O) groups excluding carboxylic acids is 1. The van der Waals surface area contributed by atoms with Crippen LogP contribution < -0.4 is 15.8 Å². The van der Waals surface area contributed by atoms with Crippen LogP contribution >= 0.6 is 11.8 Å². The Morgan fingerprint density at radius 1 is 1.38 bits per heavy atom. The largest absolute Gasteiger partial charge is 0.433 e. The monoisotopic (exact) mass is 470 g/mol. The highest BCUT2D eigenvalue weighted by atomic mass is 32.2. The lowest BCUT2D eigenvalue weighted by atomic mass is 9.79. The highest BCUT2D eigenvalue weighted by Crippen LogP contribution is 2.48. The van der Waals surface area contributed by atoms with Crippen molar-refractivity contribution in [3.63, 3.8) is 0 Å². The van der Waals surface area contributed by atoms with Crippen molar-refractivity contribution in [3.8, 4) is 5.75 Å². The Labute approximate surface area is 184 Å². The summed E-state index contributed by atoms with van der Waals surface area (Å²) in [7, 11) is 0. The lowest BCUT2D eigenvalue weighted by Crippen LogP contribution is -2.42. The Morgan fingerprint density at radius 3 is 2.88 bits per heavy atom. The number of alkyl halides is 3. The first-order chi connectivity index (χ1) is 15.3. The average molecular weight is 470 g/mol. The first-order valence-electron chi connectivity index (χ1n) is 9.50. The molecule has 7 nitrogen and oxygen atoms in total. The zero-order valence-electron chi connectivity index (χ0n) is 16.4. The molecule has 0 radical (unpaired) electrons. The Hall–Kier alpha value is -2.86. The number of benzene rings is 1. The lowest BCUT2D eigenvalue weighted by molar-refractivity contribution is -0.0500. The smallest absolute Gasteiger partial charge is 0.387 e. The van der Waals surface area contributed by atoms with Gasteiger partial charge < -0.3 is 20.5 Å². The number of amidine groups is 1. The highest BCUT2D eigenvalue weighted by Gasteiger charge is 2.54. The molecule has 1 amide bonds. The fourth-order valence-electron chi connectivity index (χ4n) is 3.84. The van der Waals surface area contributed by atoms with Crippen molar-refractivity contribution in [2.45, 2.75) is 18.3 Å². The number of amides is 1. The van der Waals surface area contributed by atoms with Gasteiger partial charge in [0.1, 0.15) is 29.5 Å². The van der Waals surface area contributed by atoms with Crippen molar-refractivity contribution in [3.05, 3.63) is 53.6 Å². The molecule has 3 heterocycles. The lowest BCUT2D eigenvalue weighted by Gasteiger charge is -2.35. The molecule has 3 atom stereocenters. The number of carbonyl (C=O) groups is 1. The number of hydrogen-bond acceptors (Lipinski definition) is 7.